The molecule has 5 heterocycles. The van der Waals surface area contributed by atoms with E-state index in [9.17, 15) is 5.11 Å². The molecule has 0 bridgehead atoms. The first kappa shape index (κ1) is 24.8. The molecule has 11 heteroatoms. The number of piperidine rings is 1. The van der Waals surface area contributed by atoms with Crippen LogP contribution < -0.4 is 14.8 Å². The van der Waals surface area contributed by atoms with E-state index in [0.717, 1.165) is 5.69 Å². The van der Waals surface area contributed by atoms with Gasteiger partial charge in [-0.1, -0.05) is 0 Å². The summed E-state index contributed by atoms with van der Waals surface area (Å²) < 4.78 is 28.1. The number of halogens is 1. The van der Waals surface area contributed by atoms with Crippen molar-refractivity contribution in [3.8, 4) is 40.0 Å². The van der Waals surface area contributed by atoms with Gasteiger partial charge in [-0.2, -0.15) is 5.10 Å². The SMILES string of the molecule is COc1cc(-c2cnc(-c3ccc(O[C@@H]4CC(C)(C)NC(C)(C)[C@@H]4F)nn3)c(O)c2)nn2cc(C)nc12. The summed E-state index contributed by atoms with van der Waals surface area (Å²) in [6, 6.07) is 6.54. The van der Waals surface area contributed by atoms with Crippen LogP contribution in [0.25, 0.3) is 28.3 Å². The Labute approximate surface area is 213 Å². The molecule has 4 aromatic rings. The quantitative estimate of drug-likeness (QED) is 0.414. The average Bonchev–Trinajstić information content (AvgIpc) is 3.21. The number of aromatic hydroxyl groups is 1. The number of hydrogen-bond acceptors (Lipinski definition) is 9. The lowest BCUT2D eigenvalue weighted by Crippen LogP contribution is -2.66. The second kappa shape index (κ2) is 8.91. The minimum atomic E-state index is -1.22. The molecule has 0 unspecified atom stereocenters. The van der Waals surface area contributed by atoms with Crippen LogP contribution in [0.5, 0.6) is 17.4 Å². The Hall–Kier alpha value is -3.86. The molecule has 4 aromatic heterocycles. The number of aromatic nitrogens is 6. The number of hydrogen-bond donors (Lipinski definition) is 2. The summed E-state index contributed by atoms with van der Waals surface area (Å²) in [5, 5.41) is 26.9. The Bertz CT molecular complexity index is 1450. The molecule has 10 nitrogen and oxygen atoms in total. The molecule has 0 amide bonds. The Morgan fingerprint density at radius 3 is 2.59 bits per heavy atom. The summed E-state index contributed by atoms with van der Waals surface area (Å²) in [6.07, 6.45) is 1.97. The van der Waals surface area contributed by atoms with Crippen LogP contribution in [0.4, 0.5) is 4.39 Å². The van der Waals surface area contributed by atoms with Gasteiger partial charge in [-0.15, -0.1) is 10.2 Å². The fourth-order valence-corrected chi connectivity index (χ4v) is 4.97. The molecule has 0 radical (unpaired) electrons. The molecular formula is C26H30FN7O3. The van der Waals surface area contributed by atoms with Gasteiger partial charge in [0.05, 0.1) is 24.7 Å². The first-order valence-corrected chi connectivity index (χ1v) is 12.0. The van der Waals surface area contributed by atoms with Gasteiger partial charge < -0.3 is 19.9 Å². The lowest BCUT2D eigenvalue weighted by Gasteiger charge is -2.48. The first-order chi connectivity index (χ1) is 17.5. The maximum absolute atomic E-state index is 15.1. The van der Waals surface area contributed by atoms with Gasteiger partial charge in [0.1, 0.15) is 23.2 Å². The Kier molecular flexibility index (Phi) is 5.98. The summed E-state index contributed by atoms with van der Waals surface area (Å²) >= 11 is 0. The zero-order chi connectivity index (χ0) is 26.5. The van der Waals surface area contributed by atoms with Crippen molar-refractivity contribution in [2.75, 3.05) is 7.11 Å². The summed E-state index contributed by atoms with van der Waals surface area (Å²) in [5.74, 6) is 0.675. The Balaban J connectivity index is 1.38. The van der Waals surface area contributed by atoms with Gasteiger partial charge in [-0.3, -0.25) is 0 Å². The standard InChI is InChI=1S/C26H30FN7O3/c1-14-13-34-24(29-14)19(36-6)10-17(32-34)15-9-18(35)22(28-12-15)16-7-8-21(31-30-16)37-20-11-25(2,3)33-26(4,5)23(20)27/h7-10,12-13,20,23,33,35H,11H2,1-6H3/t20-,23-/m1/s1. The molecule has 0 aromatic carbocycles. The normalized spacial score (nSPS) is 20.6. The van der Waals surface area contributed by atoms with Crippen LogP contribution in [-0.2, 0) is 0 Å². The number of nitrogens with zero attached hydrogens (tertiary/aromatic N) is 6. The highest BCUT2D eigenvalue weighted by Gasteiger charge is 2.47. The molecule has 5 rings (SSSR count). The lowest BCUT2D eigenvalue weighted by molar-refractivity contribution is -0.0281. The molecule has 2 atom stereocenters. The molecule has 1 aliphatic heterocycles. The van der Waals surface area contributed by atoms with E-state index in [0.29, 0.717) is 34.8 Å². The highest BCUT2D eigenvalue weighted by molar-refractivity contribution is 5.70. The Morgan fingerprint density at radius 1 is 1.14 bits per heavy atom. The monoisotopic (exact) mass is 507 g/mol. The molecule has 37 heavy (non-hydrogen) atoms. The van der Waals surface area contributed by atoms with Crippen LogP contribution in [0.1, 0.15) is 39.8 Å². The van der Waals surface area contributed by atoms with Crippen molar-refractivity contribution < 1.29 is 19.0 Å². The highest BCUT2D eigenvalue weighted by Crippen LogP contribution is 2.34. The molecule has 1 saturated heterocycles. The zero-order valence-electron chi connectivity index (χ0n) is 21.7. The second-order valence-corrected chi connectivity index (χ2v) is 10.6. The van der Waals surface area contributed by atoms with E-state index >= 15 is 4.39 Å². The third kappa shape index (κ3) is 4.78. The first-order valence-electron chi connectivity index (χ1n) is 12.0. The number of alkyl halides is 1. The van der Waals surface area contributed by atoms with Gasteiger partial charge in [-0.05, 0) is 46.8 Å². The number of ether oxygens (including phenoxy) is 2. The summed E-state index contributed by atoms with van der Waals surface area (Å²) in [5.41, 5.74) is 2.13. The predicted molar refractivity (Wildman–Crippen MR) is 135 cm³/mol. The third-order valence-electron chi connectivity index (χ3n) is 6.44. The summed E-state index contributed by atoms with van der Waals surface area (Å²) in [6.45, 7) is 9.55. The molecule has 0 spiro atoms. The number of rotatable bonds is 5. The van der Waals surface area contributed by atoms with Gasteiger partial charge in [-0.25, -0.2) is 18.9 Å². The van der Waals surface area contributed by atoms with E-state index in [2.05, 4.69) is 30.6 Å². The number of fused-ring (bicyclic) bond motifs is 1. The van der Waals surface area contributed by atoms with Gasteiger partial charge in [0, 0.05) is 41.4 Å². The zero-order valence-corrected chi connectivity index (χ0v) is 21.7. The van der Waals surface area contributed by atoms with Crippen LogP contribution in [0.2, 0.25) is 0 Å². The third-order valence-corrected chi connectivity index (χ3v) is 6.44. The maximum Gasteiger partial charge on any atom is 0.233 e. The van der Waals surface area contributed by atoms with Gasteiger partial charge in [0.15, 0.2) is 17.6 Å². The highest BCUT2D eigenvalue weighted by atomic mass is 19.1. The number of pyridine rings is 1. The van der Waals surface area contributed by atoms with Crippen LogP contribution >= 0.6 is 0 Å². The minimum Gasteiger partial charge on any atom is -0.506 e. The largest absolute Gasteiger partial charge is 0.506 e. The molecule has 2 N–H and O–H groups in total. The van der Waals surface area contributed by atoms with Gasteiger partial charge >= 0.3 is 0 Å². The van der Waals surface area contributed by atoms with Crippen molar-refractivity contribution in [2.45, 2.75) is 64.4 Å². The van der Waals surface area contributed by atoms with E-state index in [1.807, 2.05) is 34.6 Å². The van der Waals surface area contributed by atoms with E-state index in [-0.39, 0.29) is 22.9 Å². The summed E-state index contributed by atoms with van der Waals surface area (Å²) in [4.78, 5) is 8.81. The van der Waals surface area contributed by atoms with Crippen molar-refractivity contribution in [2.24, 2.45) is 0 Å². The second-order valence-electron chi connectivity index (χ2n) is 10.6. The number of nitrogens with one attached hydrogen (secondary N) is 1. The number of imidazole rings is 1. The molecule has 194 valence electrons. The smallest absolute Gasteiger partial charge is 0.233 e. The molecule has 1 fully saturated rings. The van der Waals surface area contributed by atoms with E-state index in [4.69, 9.17) is 9.47 Å². The minimum absolute atomic E-state index is 0.0891. The van der Waals surface area contributed by atoms with Crippen molar-refractivity contribution >= 4 is 5.65 Å². The van der Waals surface area contributed by atoms with Gasteiger partial charge in [0.2, 0.25) is 5.88 Å². The molecule has 0 aliphatic carbocycles. The summed E-state index contributed by atoms with van der Waals surface area (Å²) in [7, 11) is 1.56. The van der Waals surface area contributed by atoms with Crippen LogP contribution in [0.15, 0.2) is 36.7 Å². The van der Waals surface area contributed by atoms with E-state index in [1.54, 1.807) is 48.3 Å². The topological polar surface area (TPSA) is 120 Å². The predicted octanol–water partition coefficient (Wildman–Crippen LogP) is 3.91. The van der Waals surface area contributed by atoms with Crippen molar-refractivity contribution in [1.82, 2.24) is 35.1 Å². The average molecular weight is 508 g/mol. The number of aryl methyl sites for hydroxylation is 1. The van der Waals surface area contributed by atoms with Crippen molar-refractivity contribution in [3.05, 3.63) is 42.4 Å². The van der Waals surface area contributed by atoms with Crippen LogP contribution in [0.3, 0.4) is 0 Å². The molecule has 0 saturated carbocycles. The molecule has 1 aliphatic rings. The number of methoxy groups -OCH3 is 1. The van der Waals surface area contributed by atoms with Crippen molar-refractivity contribution in [1.29, 1.82) is 0 Å². The fourth-order valence-electron chi connectivity index (χ4n) is 4.97. The van der Waals surface area contributed by atoms with E-state index in [1.165, 1.54) is 0 Å². The molecular weight excluding hydrogens is 477 g/mol. The maximum atomic E-state index is 15.1. The van der Waals surface area contributed by atoms with Crippen molar-refractivity contribution in [3.63, 3.8) is 0 Å². The van der Waals surface area contributed by atoms with Crippen LogP contribution in [-0.4, -0.2) is 65.3 Å². The van der Waals surface area contributed by atoms with Gasteiger partial charge in [0.25, 0.3) is 0 Å². The Morgan fingerprint density at radius 2 is 1.92 bits per heavy atom. The van der Waals surface area contributed by atoms with Crippen LogP contribution in [0, 0.1) is 6.92 Å². The fraction of sp³-hybridized carbons (Fsp3) is 0.423. The van der Waals surface area contributed by atoms with E-state index < -0.39 is 17.8 Å². The lowest BCUT2D eigenvalue weighted by atomic mass is 9.79.